The van der Waals surface area contributed by atoms with Crippen molar-refractivity contribution < 1.29 is 20.4 Å². The van der Waals surface area contributed by atoms with Crippen molar-refractivity contribution in [3.8, 4) is 23.0 Å². The van der Waals surface area contributed by atoms with Gasteiger partial charge >= 0.3 is 0 Å². The fourth-order valence-corrected chi connectivity index (χ4v) is 6.68. The van der Waals surface area contributed by atoms with Crippen LogP contribution in [0.25, 0.3) is 0 Å². The minimum Gasteiger partial charge on any atom is -0.505 e. The van der Waals surface area contributed by atoms with Crippen molar-refractivity contribution in [3.05, 3.63) is 111 Å². The lowest BCUT2D eigenvalue weighted by molar-refractivity contribution is 0.466. The van der Waals surface area contributed by atoms with Gasteiger partial charge in [0.1, 0.15) is 0 Å². The van der Waals surface area contributed by atoms with E-state index in [0.29, 0.717) is 22.3 Å². The summed E-state index contributed by atoms with van der Waals surface area (Å²) in [5.41, 5.74) is 0.382. The molecule has 0 aliphatic heterocycles. The van der Waals surface area contributed by atoms with Crippen LogP contribution in [0.1, 0.15) is 35.1 Å². The number of hydrogen-bond acceptors (Lipinski definition) is 4. The molecule has 0 amide bonds. The van der Waals surface area contributed by atoms with Crippen LogP contribution in [-0.4, -0.2) is 20.4 Å². The maximum absolute atomic E-state index is 10.4. The molecule has 4 nitrogen and oxygen atoms in total. The van der Waals surface area contributed by atoms with Crippen molar-refractivity contribution in [1.82, 2.24) is 0 Å². The second-order valence-electron chi connectivity index (χ2n) is 8.73. The maximum Gasteiger partial charge on any atom is 0.152 e. The van der Waals surface area contributed by atoms with Gasteiger partial charge in [-0.05, 0) is 76.7 Å². The van der Waals surface area contributed by atoms with E-state index in [0.717, 1.165) is 0 Å². The molecule has 0 saturated heterocycles. The summed E-state index contributed by atoms with van der Waals surface area (Å²) >= 11 is 51.0. The highest BCUT2D eigenvalue weighted by molar-refractivity contribution is 6.39. The van der Waals surface area contributed by atoms with Gasteiger partial charge in [-0.2, -0.15) is 0 Å². The monoisotopic (exact) mass is 684 g/mol. The Bertz CT molecular complexity index is 1390. The number of phenols is 4. The summed E-state index contributed by atoms with van der Waals surface area (Å²) < 4.78 is 0. The van der Waals surface area contributed by atoms with Crippen molar-refractivity contribution in [3.63, 3.8) is 0 Å². The van der Waals surface area contributed by atoms with E-state index >= 15 is 0 Å². The lowest BCUT2D eigenvalue weighted by Gasteiger charge is -2.42. The summed E-state index contributed by atoms with van der Waals surface area (Å²) in [4.78, 5) is 0. The Kier molecular flexibility index (Phi) is 8.83. The largest absolute Gasteiger partial charge is 0.505 e. The molecular weight excluding hydrogens is 672 g/mol. The molecule has 1 atom stereocenters. The topological polar surface area (TPSA) is 80.9 Å². The van der Waals surface area contributed by atoms with E-state index in [2.05, 4.69) is 0 Å². The van der Waals surface area contributed by atoms with Gasteiger partial charge in [0.05, 0.1) is 45.6 Å². The predicted molar refractivity (Wildman–Crippen MR) is 161 cm³/mol. The molecule has 1 unspecified atom stereocenters. The number of phenolic OH excluding ortho intramolecular Hbond substituents is 4. The lowest BCUT2D eigenvalue weighted by atomic mass is 9.60. The third kappa shape index (κ3) is 5.27. The molecule has 0 heterocycles. The third-order valence-corrected chi connectivity index (χ3v) is 8.91. The highest BCUT2D eigenvalue weighted by atomic mass is 35.5. The van der Waals surface area contributed by atoms with E-state index < -0.39 is 11.3 Å². The van der Waals surface area contributed by atoms with Crippen molar-refractivity contribution in [1.29, 1.82) is 0 Å². The molecule has 4 rings (SSSR count). The SMILES string of the molecule is CC(c1cc(Cl)c(O)c(Cl)c1)C(c1cc(Cl)c(O)c(Cl)c1)(c1cc(Cl)c(O)c(Cl)c1)c1cc(Cl)c(O)c(Cl)c1. The van der Waals surface area contributed by atoms with Gasteiger partial charge < -0.3 is 20.4 Å². The number of halogens is 8. The van der Waals surface area contributed by atoms with Crippen molar-refractivity contribution in [2.45, 2.75) is 18.3 Å². The van der Waals surface area contributed by atoms with E-state index in [-0.39, 0.29) is 63.2 Å². The summed E-state index contributed by atoms with van der Waals surface area (Å²) in [6, 6.07) is 12.0. The molecule has 0 aliphatic carbocycles. The molecule has 12 heteroatoms. The molecule has 0 bridgehead atoms. The highest BCUT2D eigenvalue weighted by Gasteiger charge is 2.45. The van der Waals surface area contributed by atoms with Crippen LogP contribution in [0.4, 0.5) is 0 Å². The first kappa shape index (κ1) is 30.4. The van der Waals surface area contributed by atoms with Gasteiger partial charge in [-0.1, -0.05) is 99.7 Å². The Morgan fingerprint density at radius 2 is 0.641 bits per heavy atom. The van der Waals surface area contributed by atoms with Gasteiger partial charge in [-0.25, -0.2) is 0 Å². The van der Waals surface area contributed by atoms with E-state index in [1.807, 2.05) is 6.92 Å². The molecule has 4 N–H and O–H groups in total. The van der Waals surface area contributed by atoms with Gasteiger partial charge in [0.2, 0.25) is 0 Å². The van der Waals surface area contributed by atoms with Crippen LogP contribution in [-0.2, 0) is 5.41 Å². The second kappa shape index (κ2) is 11.3. The molecule has 204 valence electrons. The molecule has 0 saturated carbocycles. The van der Waals surface area contributed by atoms with Gasteiger partial charge in [0.25, 0.3) is 0 Å². The normalized spacial score (nSPS) is 12.5. The van der Waals surface area contributed by atoms with Crippen LogP contribution in [0.2, 0.25) is 40.2 Å². The van der Waals surface area contributed by atoms with E-state index in [1.54, 1.807) is 0 Å². The van der Waals surface area contributed by atoms with Gasteiger partial charge in [0.15, 0.2) is 23.0 Å². The average Bonchev–Trinajstić information content (AvgIpc) is 2.87. The zero-order valence-corrected chi connectivity index (χ0v) is 25.6. The van der Waals surface area contributed by atoms with E-state index in [1.165, 1.54) is 48.5 Å². The smallest absolute Gasteiger partial charge is 0.152 e. The quantitative estimate of drug-likeness (QED) is 0.157. The summed E-state index contributed by atoms with van der Waals surface area (Å²) in [5.74, 6) is -2.01. The number of benzene rings is 4. The standard InChI is InChI=1S/C27H16Cl8O4/c1-10(11-2-15(28)23(36)16(29)3-11)27(12-4-17(30)24(37)18(31)5-12,13-6-19(32)25(38)20(33)7-13)14-8-21(34)26(39)22(35)9-14/h2-10,36-39H,1H3. The minimum atomic E-state index is -1.40. The van der Waals surface area contributed by atoms with Crippen LogP contribution in [0.5, 0.6) is 23.0 Å². The molecule has 39 heavy (non-hydrogen) atoms. The Hall–Kier alpha value is -1.60. The Balaban J connectivity index is 2.27. The summed E-state index contributed by atoms with van der Waals surface area (Å²) in [6.07, 6.45) is 0. The number of aromatic hydroxyl groups is 4. The summed E-state index contributed by atoms with van der Waals surface area (Å²) in [5, 5.41) is 40.9. The van der Waals surface area contributed by atoms with Crippen LogP contribution in [0.3, 0.4) is 0 Å². The lowest BCUT2D eigenvalue weighted by Crippen LogP contribution is -2.35. The first-order valence-electron chi connectivity index (χ1n) is 10.9. The molecule has 4 aromatic carbocycles. The molecule has 0 aliphatic rings. The average molecular weight is 688 g/mol. The van der Waals surface area contributed by atoms with Gasteiger partial charge in [-0.3, -0.25) is 0 Å². The predicted octanol–water partition coefficient (Wildman–Crippen LogP) is 10.9. The van der Waals surface area contributed by atoms with Crippen LogP contribution in [0.15, 0.2) is 48.5 Å². The maximum atomic E-state index is 10.4. The molecule has 0 spiro atoms. The van der Waals surface area contributed by atoms with E-state index in [4.69, 9.17) is 92.8 Å². The second-order valence-corrected chi connectivity index (χ2v) is 12.0. The zero-order valence-electron chi connectivity index (χ0n) is 19.5. The van der Waals surface area contributed by atoms with Crippen molar-refractivity contribution in [2.24, 2.45) is 0 Å². The van der Waals surface area contributed by atoms with E-state index in [9.17, 15) is 20.4 Å². The van der Waals surface area contributed by atoms with Crippen LogP contribution in [0, 0.1) is 0 Å². The van der Waals surface area contributed by atoms with Crippen molar-refractivity contribution >= 4 is 92.8 Å². The summed E-state index contributed by atoms with van der Waals surface area (Å²) in [7, 11) is 0. The molecule has 0 aromatic heterocycles. The fourth-order valence-electron chi connectivity index (χ4n) is 4.71. The van der Waals surface area contributed by atoms with Crippen molar-refractivity contribution in [2.75, 3.05) is 0 Å². The molecule has 0 radical (unpaired) electrons. The first-order valence-corrected chi connectivity index (χ1v) is 14.0. The Morgan fingerprint density at radius 1 is 0.436 bits per heavy atom. The Labute approximate surface area is 263 Å². The van der Waals surface area contributed by atoms with Crippen LogP contribution >= 0.6 is 92.8 Å². The van der Waals surface area contributed by atoms with Gasteiger partial charge in [0, 0.05) is 0 Å². The summed E-state index contributed by atoms with van der Waals surface area (Å²) in [6.45, 7) is 1.82. The highest BCUT2D eigenvalue weighted by Crippen LogP contribution is 2.55. The van der Waals surface area contributed by atoms with Gasteiger partial charge in [-0.15, -0.1) is 0 Å². The number of rotatable bonds is 5. The molecule has 0 fully saturated rings. The number of hydrogen-bond donors (Lipinski definition) is 4. The minimum absolute atomic E-state index is 0.0106. The molecule has 4 aromatic rings. The zero-order chi connectivity index (χ0) is 29.0. The fraction of sp³-hybridized carbons (Fsp3) is 0.111. The van der Waals surface area contributed by atoms with Crippen LogP contribution < -0.4 is 0 Å². The molecular formula is C27H16Cl8O4. The first-order chi connectivity index (χ1) is 18.2. The third-order valence-electron chi connectivity index (χ3n) is 6.61. The Morgan fingerprint density at radius 3 is 0.872 bits per heavy atom.